The van der Waals surface area contributed by atoms with E-state index in [0.29, 0.717) is 6.07 Å². The maximum Gasteiger partial charge on any atom is 0.357 e. The minimum atomic E-state index is -3.07. The van der Waals surface area contributed by atoms with E-state index in [1.165, 1.54) is 0 Å². The van der Waals surface area contributed by atoms with Gasteiger partial charge in [0, 0.05) is 6.07 Å². The van der Waals surface area contributed by atoms with Crippen LogP contribution in [0.3, 0.4) is 0 Å². The Hall–Kier alpha value is -1.64. The number of pyridine rings is 1. The molecule has 0 atom stereocenters. The van der Waals surface area contributed by atoms with Gasteiger partial charge in [-0.25, -0.2) is 18.6 Å². The van der Waals surface area contributed by atoms with Crippen LogP contribution >= 0.6 is 15.9 Å². The lowest BCUT2D eigenvalue weighted by molar-refractivity contribution is -0.386. The third-order valence-corrected chi connectivity index (χ3v) is 2.38. The van der Waals surface area contributed by atoms with Gasteiger partial charge in [0.2, 0.25) is 0 Å². The van der Waals surface area contributed by atoms with E-state index in [4.69, 9.17) is 0 Å². The van der Waals surface area contributed by atoms with Crippen molar-refractivity contribution in [3.05, 3.63) is 32.0 Å². The molecule has 0 saturated carbocycles. The number of methoxy groups -OCH3 is 1. The van der Waals surface area contributed by atoms with Crippen LogP contribution in [0.2, 0.25) is 0 Å². The van der Waals surface area contributed by atoms with E-state index in [2.05, 4.69) is 25.7 Å². The fraction of sp³-hybridized carbons (Fsp3) is 0.250. The van der Waals surface area contributed by atoms with Crippen LogP contribution in [0.15, 0.2) is 10.7 Å². The maximum absolute atomic E-state index is 12.6. The van der Waals surface area contributed by atoms with Crippen LogP contribution < -0.4 is 0 Å². The number of alkyl halides is 2. The van der Waals surface area contributed by atoms with Crippen molar-refractivity contribution < 1.29 is 23.2 Å². The quantitative estimate of drug-likeness (QED) is 0.371. The van der Waals surface area contributed by atoms with Crippen LogP contribution in [0, 0.1) is 10.1 Å². The van der Waals surface area contributed by atoms with Crippen LogP contribution in [0.5, 0.6) is 0 Å². The van der Waals surface area contributed by atoms with Crippen molar-refractivity contribution in [3.8, 4) is 0 Å². The molecule has 0 aliphatic heterocycles. The molecular weight excluding hydrogens is 306 g/mol. The van der Waals surface area contributed by atoms with Crippen molar-refractivity contribution in [3.63, 3.8) is 0 Å². The second kappa shape index (κ2) is 5.13. The number of halogens is 3. The summed E-state index contributed by atoms with van der Waals surface area (Å²) in [7, 11) is 0.995. The SMILES string of the molecule is COC(=O)c1nc(Br)c([N+](=O)[O-])cc1C(F)F. The highest BCUT2D eigenvalue weighted by molar-refractivity contribution is 9.10. The molecule has 0 amide bonds. The van der Waals surface area contributed by atoms with Crippen LogP contribution in [-0.2, 0) is 4.74 Å². The minimum absolute atomic E-state index is 0.313. The Morgan fingerprint density at radius 3 is 2.65 bits per heavy atom. The molecule has 0 aliphatic rings. The summed E-state index contributed by atoms with van der Waals surface area (Å²) in [6.07, 6.45) is -3.07. The van der Waals surface area contributed by atoms with Gasteiger partial charge in [-0.2, -0.15) is 0 Å². The monoisotopic (exact) mass is 310 g/mol. The lowest BCUT2D eigenvalue weighted by atomic mass is 10.2. The van der Waals surface area contributed by atoms with Crippen molar-refractivity contribution in [2.24, 2.45) is 0 Å². The molecule has 92 valence electrons. The molecule has 1 aromatic heterocycles. The zero-order valence-electron chi connectivity index (χ0n) is 8.32. The first-order valence-corrected chi connectivity index (χ1v) is 4.89. The molecular formula is C8H5BrF2N2O4. The third-order valence-electron chi connectivity index (χ3n) is 1.80. The lowest BCUT2D eigenvalue weighted by Gasteiger charge is -2.06. The molecule has 0 saturated heterocycles. The van der Waals surface area contributed by atoms with Gasteiger partial charge in [0.1, 0.15) is 0 Å². The Kier molecular flexibility index (Phi) is 4.05. The van der Waals surface area contributed by atoms with E-state index < -0.39 is 34.3 Å². The summed E-state index contributed by atoms with van der Waals surface area (Å²) in [6.45, 7) is 0. The lowest BCUT2D eigenvalue weighted by Crippen LogP contribution is -2.10. The van der Waals surface area contributed by atoms with E-state index in [0.717, 1.165) is 7.11 Å². The van der Waals surface area contributed by atoms with E-state index >= 15 is 0 Å². The average molecular weight is 311 g/mol. The Balaban J connectivity index is 3.46. The molecule has 0 aliphatic carbocycles. The molecule has 0 spiro atoms. The van der Waals surface area contributed by atoms with Gasteiger partial charge < -0.3 is 4.74 Å². The molecule has 1 rings (SSSR count). The Morgan fingerprint density at radius 2 is 2.24 bits per heavy atom. The van der Waals surface area contributed by atoms with E-state index in [1.807, 2.05) is 0 Å². The van der Waals surface area contributed by atoms with Crippen molar-refractivity contribution in [1.82, 2.24) is 4.98 Å². The molecule has 1 aromatic rings. The molecule has 0 unspecified atom stereocenters. The second-order valence-electron chi connectivity index (χ2n) is 2.79. The standard InChI is InChI=1S/C8H5BrF2N2O4/c1-17-8(14)5-3(7(10)11)2-4(13(15)16)6(9)12-5/h2,7H,1H3. The summed E-state index contributed by atoms with van der Waals surface area (Å²) < 4.78 is 29.2. The molecule has 1 heterocycles. The smallest absolute Gasteiger partial charge is 0.357 e. The highest BCUT2D eigenvalue weighted by Crippen LogP contribution is 2.31. The summed E-state index contributed by atoms with van der Waals surface area (Å²) in [5.74, 6) is -1.09. The number of carbonyl (C=O) groups excluding carboxylic acids is 1. The third kappa shape index (κ3) is 2.73. The van der Waals surface area contributed by atoms with Crippen LogP contribution in [-0.4, -0.2) is 23.0 Å². The largest absolute Gasteiger partial charge is 0.464 e. The maximum atomic E-state index is 12.6. The Bertz CT molecular complexity index is 481. The van der Waals surface area contributed by atoms with Gasteiger partial charge in [-0.1, -0.05) is 0 Å². The highest BCUT2D eigenvalue weighted by Gasteiger charge is 2.27. The highest BCUT2D eigenvalue weighted by atomic mass is 79.9. The average Bonchev–Trinajstić information content (AvgIpc) is 2.26. The minimum Gasteiger partial charge on any atom is -0.464 e. The predicted molar refractivity (Wildman–Crippen MR) is 54.9 cm³/mol. The van der Waals surface area contributed by atoms with Crippen molar-refractivity contribution in [1.29, 1.82) is 0 Å². The molecule has 0 bridgehead atoms. The van der Waals surface area contributed by atoms with E-state index in [1.54, 1.807) is 0 Å². The summed E-state index contributed by atoms with van der Waals surface area (Å²) in [5.41, 5.74) is -2.14. The molecule has 6 nitrogen and oxygen atoms in total. The van der Waals surface area contributed by atoms with Gasteiger partial charge in [0.05, 0.1) is 17.6 Å². The molecule has 0 N–H and O–H groups in total. The number of esters is 1. The summed E-state index contributed by atoms with van der Waals surface area (Å²) in [6, 6.07) is 0.591. The number of nitrogens with zero attached hydrogens (tertiary/aromatic N) is 2. The van der Waals surface area contributed by atoms with Gasteiger partial charge >= 0.3 is 11.7 Å². The first-order valence-electron chi connectivity index (χ1n) is 4.09. The number of rotatable bonds is 3. The predicted octanol–water partition coefficient (Wildman–Crippen LogP) is 2.48. The number of hydrogen-bond donors (Lipinski definition) is 0. The van der Waals surface area contributed by atoms with Crippen molar-refractivity contribution in [2.75, 3.05) is 7.11 Å². The number of aromatic nitrogens is 1. The number of hydrogen-bond acceptors (Lipinski definition) is 5. The van der Waals surface area contributed by atoms with Crippen LogP contribution in [0.1, 0.15) is 22.5 Å². The summed E-state index contributed by atoms with van der Waals surface area (Å²) >= 11 is 2.72. The first kappa shape index (κ1) is 13.4. The zero-order valence-corrected chi connectivity index (χ0v) is 9.90. The van der Waals surface area contributed by atoms with Gasteiger partial charge in [-0.05, 0) is 15.9 Å². The topological polar surface area (TPSA) is 82.3 Å². The van der Waals surface area contributed by atoms with Gasteiger partial charge in [0.25, 0.3) is 6.43 Å². The normalized spacial score (nSPS) is 10.4. The fourth-order valence-corrected chi connectivity index (χ4v) is 1.49. The summed E-state index contributed by atoms with van der Waals surface area (Å²) in [4.78, 5) is 24.2. The van der Waals surface area contributed by atoms with Crippen LogP contribution in [0.4, 0.5) is 14.5 Å². The van der Waals surface area contributed by atoms with Gasteiger partial charge in [-0.3, -0.25) is 10.1 Å². The van der Waals surface area contributed by atoms with Crippen molar-refractivity contribution >= 4 is 27.6 Å². The van der Waals surface area contributed by atoms with Gasteiger partial charge in [0.15, 0.2) is 10.3 Å². The molecule has 9 heteroatoms. The number of nitro groups is 1. The molecule has 0 fully saturated rings. The second-order valence-corrected chi connectivity index (χ2v) is 3.54. The Labute approximate surface area is 102 Å². The first-order chi connectivity index (χ1) is 7.88. The van der Waals surface area contributed by atoms with Crippen molar-refractivity contribution in [2.45, 2.75) is 6.43 Å². The molecule has 0 radical (unpaired) electrons. The Morgan fingerprint density at radius 1 is 1.65 bits per heavy atom. The van der Waals surface area contributed by atoms with E-state index in [9.17, 15) is 23.7 Å². The number of carbonyl (C=O) groups is 1. The molecule has 0 aromatic carbocycles. The zero-order chi connectivity index (χ0) is 13.2. The van der Waals surface area contributed by atoms with Gasteiger partial charge in [-0.15, -0.1) is 0 Å². The molecule has 17 heavy (non-hydrogen) atoms. The van der Waals surface area contributed by atoms with Crippen LogP contribution in [0.25, 0.3) is 0 Å². The fourth-order valence-electron chi connectivity index (χ4n) is 1.05. The number of ether oxygens (including phenoxy) is 1. The summed E-state index contributed by atoms with van der Waals surface area (Å²) in [5, 5.41) is 10.5. The van der Waals surface area contributed by atoms with E-state index in [-0.39, 0.29) is 4.60 Å².